The lowest BCUT2D eigenvalue weighted by molar-refractivity contribution is 0.611. The highest BCUT2D eigenvalue weighted by atomic mass is 79.9. The van der Waals surface area contributed by atoms with Crippen LogP contribution in [-0.2, 0) is 0 Å². The minimum absolute atomic E-state index is 0.226. The third kappa shape index (κ3) is 2.93. The molecule has 1 atom stereocenters. The van der Waals surface area contributed by atoms with Crippen LogP contribution < -0.4 is 0 Å². The Labute approximate surface area is 128 Å². The van der Waals surface area contributed by atoms with Crippen molar-refractivity contribution in [3.8, 4) is 0 Å². The molecule has 0 aromatic heterocycles. The summed E-state index contributed by atoms with van der Waals surface area (Å²) in [7, 11) is 0. The molecule has 0 radical (unpaired) electrons. The normalized spacial score (nSPS) is 12.5. The van der Waals surface area contributed by atoms with E-state index in [1.54, 1.807) is 19.1 Å². The molecule has 0 nitrogen and oxygen atoms in total. The third-order valence-corrected chi connectivity index (χ3v) is 4.41. The first kappa shape index (κ1) is 14.8. The minimum Gasteiger partial charge on any atom is -0.207 e. The summed E-state index contributed by atoms with van der Waals surface area (Å²) < 4.78 is 27.3. The van der Waals surface area contributed by atoms with Crippen LogP contribution in [0.15, 0.2) is 30.3 Å². The number of halogens is 5. The maximum atomic E-state index is 13.9. The molecule has 0 fully saturated rings. The van der Waals surface area contributed by atoms with Gasteiger partial charge in [0.2, 0.25) is 0 Å². The molecule has 0 N–H and O–H groups in total. The Kier molecular flexibility index (Phi) is 4.49. The molecule has 0 saturated carbocycles. The van der Waals surface area contributed by atoms with Gasteiger partial charge >= 0.3 is 0 Å². The van der Waals surface area contributed by atoms with Gasteiger partial charge in [0.15, 0.2) is 0 Å². The van der Waals surface area contributed by atoms with Gasteiger partial charge in [0.1, 0.15) is 11.6 Å². The van der Waals surface area contributed by atoms with Crippen LogP contribution in [0.1, 0.15) is 21.5 Å². The molecular formula is C14H9BrCl2F2. The number of hydrogen-bond acceptors (Lipinski definition) is 0. The van der Waals surface area contributed by atoms with Crippen molar-refractivity contribution in [2.75, 3.05) is 0 Å². The van der Waals surface area contributed by atoms with Crippen LogP contribution in [0.25, 0.3) is 0 Å². The van der Waals surface area contributed by atoms with Crippen LogP contribution in [-0.4, -0.2) is 0 Å². The fourth-order valence-electron chi connectivity index (χ4n) is 1.78. The van der Waals surface area contributed by atoms with E-state index in [1.165, 1.54) is 18.2 Å². The Hall–Kier alpha value is -0.640. The molecule has 0 bridgehead atoms. The molecule has 0 aliphatic carbocycles. The van der Waals surface area contributed by atoms with E-state index in [0.717, 1.165) is 0 Å². The van der Waals surface area contributed by atoms with Crippen LogP contribution >= 0.6 is 39.1 Å². The van der Waals surface area contributed by atoms with Gasteiger partial charge in [-0.1, -0.05) is 51.3 Å². The minimum atomic E-state index is -0.534. The van der Waals surface area contributed by atoms with Gasteiger partial charge in [0, 0.05) is 15.6 Å². The first-order valence-electron chi connectivity index (χ1n) is 5.45. The quantitative estimate of drug-likeness (QED) is 0.567. The van der Waals surface area contributed by atoms with Crippen molar-refractivity contribution in [2.45, 2.75) is 11.8 Å². The molecule has 19 heavy (non-hydrogen) atoms. The molecule has 5 heteroatoms. The molecule has 0 aliphatic heterocycles. The Balaban J connectivity index is 2.56. The third-order valence-electron chi connectivity index (χ3n) is 2.80. The first-order chi connectivity index (χ1) is 8.91. The predicted octanol–water partition coefficient (Wildman–Crippen LogP) is 6.06. The van der Waals surface area contributed by atoms with Crippen LogP contribution in [0.4, 0.5) is 8.78 Å². The molecule has 0 heterocycles. The van der Waals surface area contributed by atoms with Gasteiger partial charge in [-0.05, 0) is 36.2 Å². The Bertz CT molecular complexity index is 609. The summed E-state index contributed by atoms with van der Waals surface area (Å²) in [6, 6.07) is 7.24. The van der Waals surface area contributed by atoms with Crippen molar-refractivity contribution in [1.29, 1.82) is 0 Å². The zero-order chi connectivity index (χ0) is 14.2. The summed E-state index contributed by atoms with van der Waals surface area (Å²) >= 11 is 15.4. The van der Waals surface area contributed by atoms with Gasteiger partial charge < -0.3 is 0 Å². The molecule has 1 unspecified atom stereocenters. The first-order valence-corrected chi connectivity index (χ1v) is 7.12. The topological polar surface area (TPSA) is 0 Å². The standard InChI is InChI=1S/C14H9BrCl2F2/c1-7-5-8(10(17)6-12(7)19)14(15)13-9(16)3-2-4-11(13)18/h2-6,14H,1H3. The van der Waals surface area contributed by atoms with E-state index in [1.807, 2.05) is 0 Å². The summed E-state index contributed by atoms with van der Waals surface area (Å²) in [6.45, 7) is 1.62. The monoisotopic (exact) mass is 364 g/mol. The maximum Gasteiger partial charge on any atom is 0.129 e. The summed E-state index contributed by atoms with van der Waals surface area (Å²) in [5.74, 6) is -0.833. The fraction of sp³-hybridized carbons (Fsp3) is 0.143. The van der Waals surface area contributed by atoms with Crippen LogP contribution in [0, 0.1) is 18.6 Å². The van der Waals surface area contributed by atoms with Gasteiger partial charge in [0.25, 0.3) is 0 Å². The molecule has 2 rings (SSSR count). The Morgan fingerprint density at radius 2 is 1.74 bits per heavy atom. The van der Waals surface area contributed by atoms with Crippen molar-refractivity contribution in [2.24, 2.45) is 0 Å². The fourth-order valence-corrected chi connectivity index (χ4v) is 3.42. The average molecular weight is 366 g/mol. The van der Waals surface area contributed by atoms with E-state index in [2.05, 4.69) is 15.9 Å². The van der Waals surface area contributed by atoms with Crippen LogP contribution in [0.3, 0.4) is 0 Å². The number of alkyl halides is 1. The average Bonchev–Trinajstić information content (AvgIpc) is 2.33. The number of aryl methyl sites for hydroxylation is 1. The maximum absolute atomic E-state index is 13.9. The van der Waals surface area contributed by atoms with E-state index in [4.69, 9.17) is 23.2 Å². The predicted molar refractivity (Wildman–Crippen MR) is 78.3 cm³/mol. The smallest absolute Gasteiger partial charge is 0.129 e. The SMILES string of the molecule is Cc1cc(C(Br)c2c(F)cccc2Cl)c(Cl)cc1F. The zero-order valence-electron chi connectivity index (χ0n) is 9.85. The second-order valence-electron chi connectivity index (χ2n) is 4.12. The highest BCUT2D eigenvalue weighted by Crippen LogP contribution is 2.40. The zero-order valence-corrected chi connectivity index (χ0v) is 13.0. The summed E-state index contributed by atoms with van der Waals surface area (Å²) in [5.41, 5.74) is 1.31. The van der Waals surface area contributed by atoms with E-state index >= 15 is 0 Å². The van der Waals surface area contributed by atoms with Crippen molar-refractivity contribution >= 4 is 39.1 Å². The molecular weight excluding hydrogens is 357 g/mol. The summed E-state index contributed by atoms with van der Waals surface area (Å²) in [4.78, 5) is -0.534. The Morgan fingerprint density at radius 3 is 2.37 bits per heavy atom. The highest BCUT2D eigenvalue weighted by molar-refractivity contribution is 9.09. The van der Waals surface area contributed by atoms with E-state index < -0.39 is 16.5 Å². The molecule has 2 aromatic carbocycles. The van der Waals surface area contributed by atoms with Gasteiger partial charge in [-0.25, -0.2) is 8.78 Å². The molecule has 0 aliphatic rings. The highest BCUT2D eigenvalue weighted by Gasteiger charge is 2.21. The number of benzene rings is 2. The summed E-state index contributed by atoms with van der Waals surface area (Å²) in [6.07, 6.45) is 0. The largest absolute Gasteiger partial charge is 0.207 e. The number of rotatable bonds is 2. The molecule has 0 amide bonds. The Morgan fingerprint density at radius 1 is 1.05 bits per heavy atom. The second-order valence-corrected chi connectivity index (χ2v) is 5.85. The lowest BCUT2D eigenvalue weighted by Gasteiger charge is -2.16. The van der Waals surface area contributed by atoms with Gasteiger partial charge in [-0.3, -0.25) is 0 Å². The number of hydrogen-bond donors (Lipinski definition) is 0. The lowest BCUT2D eigenvalue weighted by atomic mass is 10.0. The molecule has 2 aromatic rings. The van der Waals surface area contributed by atoms with E-state index in [-0.39, 0.29) is 10.6 Å². The molecule has 0 saturated heterocycles. The second kappa shape index (κ2) is 5.78. The van der Waals surface area contributed by atoms with E-state index in [9.17, 15) is 8.78 Å². The van der Waals surface area contributed by atoms with Crippen molar-refractivity contribution in [3.05, 3.63) is 68.7 Å². The lowest BCUT2D eigenvalue weighted by Crippen LogP contribution is -2.00. The van der Waals surface area contributed by atoms with Gasteiger partial charge in [0.05, 0.1) is 4.83 Å². The van der Waals surface area contributed by atoms with E-state index in [0.29, 0.717) is 16.1 Å². The van der Waals surface area contributed by atoms with Crippen molar-refractivity contribution in [1.82, 2.24) is 0 Å². The van der Waals surface area contributed by atoms with Crippen LogP contribution in [0.2, 0.25) is 10.0 Å². The van der Waals surface area contributed by atoms with Crippen molar-refractivity contribution < 1.29 is 8.78 Å². The van der Waals surface area contributed by atoms with Crippen molar-refractivity contribution in [3.63, 3.8) is 0 Å². The van der Waals surface area contributed by atoms with Gasteiger partial charge in [-0.15, -0.1) is 0 Å². The van der Waals surface area contributed by atoms with Crippen LogP contribution in [0.5, 0.6) is 0 Å². The molecule has 100 valence electrons. The van der Waals surface area contributed by atoms with Gasteiger partial charge in [-0.2, -0.15) is 0 Å². The molecule has 0 spiro atoms. The summed E-state index contributed by atoms with van der Waals surface area (Å²) in [5, 5.41) is 0.518.